The predicted molar refractivity (Wildman–Crippen MR) is 196 cm³/mol. The third kappa shape index (κ3) is 37.9. The van der Waals surface area contributed by atoms with Crippen molar-refractivity contribution in [2.45, 2.75) is 193 Å². The van der Waals surface area contributed by atoms with Gasteiger partial charge in [0, 0.05) is 0 Å². The van der Waals surface area contributed by atoms with Gasteiger partial charge in [-0.3, -0.25) is 0 Å². The van der Waals surface area contributed by atoms with Gasteiger partial charge in [0.15, 0.2) is 0 Å². The van der Waals surface area contributed by atoms with E-state index in [1.807, 2.05) is 0 Å². The Hall–Kier alpha value is -0.160. The number of quaternary nitrogens is 1. The largest absolute Gasteiger partial charge is 0.331 e. The van der Waals surface area contributed by atoms with E-state index in [-0.39, 0.29) is 0 Å². The van der Waals surface area contributed by atoms with E-state index in [1.54, 1.807) is 0 Å². The van der Waals surface area contributed by atoms with E-state index in [1.165, 1.54) is 219 Å². The van der Waals surface area contributed by atoms with Gasteiger partial charge in [0.2, 0.25) is 0 Å². The SMILES string of the molecule is C[N+](C)(C)CCCCCCCCCCCCN(CCCCCCCCCCCCN)CCCCCCCCCCCCN. The average molecular weight is 610 g/mol. The lowest BCUT2D eigenvalue weighted by atomic mass is 10.0. The van der Waals surface area contributed by atoms with Crippen LogP contribution in [0.15, 0.2) is 0 Å². The third-order valence-corrected chi connectivity index (χ3v) is 9.41. The molecule has 260 valence electrons. The first-order valence-corrected chi connectivity index (χ1v) is 19.9. The fraction of sp³-hybridized carbons (Fsp3) is 1.00. The highest BCUT2D eigenvalue weighted by Gasteiger charge is 2.06. The molecule has 4 N–H and O–H groups in total. The van der Waals surface area contributed by atoms with Crippen LogP contribution in [0.3, 0.4) is 0 Å². The molecule has 0 aromatic rings. The van der Waals surface area contributed by atoms with Crippen molar-refractivity contribution in [2.24, 2.45) is 11.5 Å². The van der Waals surface area contributed by atoms with Gasteiger partial charge in [-0.2, -0.15) is 0 Å². The Kier molecular flexibility index (Phi) is 34.6. The van der Waals surface area contributed by atoms with Gasteiger partial charge < -0.3 is 20.9 Å². The predicted octanol–water partition coefficient (Wildman–Crippen LogP) is 10.6. The molecule has 0 aromatic heterocycles. The van der Waals surface area contributed by atoms with E-state index in [9.17, 15) is 0 Å². The maximum absolute atomic E-state index is 5.60. The Labute approximate surface area is 273 Å². The van der Waals surface area contributed by atoms with Crippen LogP contribution in [-0.2, 0) is 0 Å². The summed E-state index contributed by atoms with van der Waals surface area (Å²) in [5, 5.41) is 0. The lowest BCUT2D eigenvalue weighted by Gasteiger charge is -2.23. The number of hydrogen-bond donors (Lipinski definition) is 2. The molecule has 4 heteroatoms. The Morgan fingerprint density at radius 2 is 0.512 bits per heavy atom. The molecule has 0 rings (SSSR count). The van der Waals surface area contributed by atoms with Gasteiger partial charge in [-0.15, -0.1) is 0 Å². The van der Waals surface area contributed by atoms with Crippen molar-refractivity contribution >= 4 is 0 Å². The van der Waals surface area contributed by atoms with E-state index < -0.39 is 0 Å². The van der Waals surface area contributed by atoms with Crippen LogP contribution in [0.2, 0.25) is 0 Å². The van der Waals surface area contributed by atoms with Crippen LogP contribution >= 0.6 is 0 Å². The molecule has 43 heavy (non-hydrogen) atoms. The van der Waals surface area contributed by atoms with Crippen molar-refractivity contribution in [3.05, 3.63) is 0 Å². The van der Waals surface area contributed by atoms with Crippen LogP contribution in [0.25, 0.3) is 0 Å². The maximum atomic E-state index is 5.60. The summed E-state index contributed by atoms with van der Waals surface area (Å²) in [6.07, 6.45) is 42.3. The second-order valence-electron chi connectivity index (χ2n) is 15.0. The molecule has 0 aliphatic carbocycles. The summed E-state index contributed by atoms with van der Waals surface area (Å²) >= 11 is 0. The number of unbranched alkanes of at least 4 members (excludes halogenated alkanes) is 27. The van der Waals surface area contributed by atoms with Crippen LogP contribution in [-0.4, -0.2) is 69.8 Å². The number of hydrogen-bond acceptors (Lipinski definition) is 3. The molecule has 0 aliphatic rings. The van der Waals surface area contributed by atoms with Crippen molar-refractivity contribution in [2.75, 3.05) is 60.4 Å². The highest BCUT2D eigenvalue weighted by atomic mass is 15.3. The summed E-state index contributed by atoms with van der Waals surface area (Å²) in [5.74, 6) is 0. The molecule has 0 heterocycles. The molecule has 0 bridgehead atoms. The Balaban J connectivity index is 3.92. The zero-order valence-electron chi connectivity index (χ0n) is 30.5. The van der Waals surface area contributed by atoms with Gasteiger partial charge >= 0.3 is 0 Å². The molecule has 0 aromatic carbocycles. The van der Waals surface area contributed by atoms with Gasteiger partial charge in [0.1, 0.15) is 0 Å². The van der Waals surface area contributed by atoms with Crippen LogP contribution in [0.5, 0.6) is 0 Å². The first-order chi connectivity index (χ1) is 21.0. The minimum atomic E-state index is 0.866. The minimum absolute atomic E-state index is 0.866. The average Bonchev–Trinajstić information content (AvgIpc) is 2.98. The van der Waals surface area contributed by atoms with E-state index >= 15 is 0 Å². The quantitative estimate of drug-likeness (QED) is 0.0544. The molecule has 0 amide bonds. The number of rotatable bonds is 37. The number of nitrogens with zero attached hydrogens (tertiary/aromatic N) is 2. The fourth-order valence-electron chi connectivity index (χ4n) is 6.46. The molecule has 0 spiro atoms. The van der Waals surface area contributed by atoms with E-state index in [4.69, 9.17) is 11.5 Å². The molecule has 0 unspecified atom stereocenters. The summed E-state index contributed by atoms with van der Waals surface area (Å²) in [6.45, 7) is 7.09. The normalized spacial score (nSPS) is 12.1. The molecule has 4 nitrogen and oxygen atoms in total. The van der Waals surface area contributed by atoms with Gasteiger partial charge in [0.05, 0.1) is 27.7 Å². The monoisotopic (exact) mass is 610 g/mol. The maximum Gasteiger partial charge on any atom is 0.0780 e. The molecular formula is C39H85N4+. The highest BCUT2D eigenvalue weighted by molar-refractivity contribution is 4.61. The first-order valence-electron chi connectivity index (χ1n) is 19.9. The van der Waals surface area contributed by atoms with Gasteiger partial charge in [-0.25, -0.2) is 0 Å². The molecular weight excluding hydrogens is 524 g/mol. The van der Waals surface area contributed by atoms with E-state index in [0.29, 0.717) is 0 Å². The summed E-state index contributed by atoms with van der Waals surface area (Å²) in [5.41, 5.74) is 11.2. The van der Waals surface area contributed by atoms with Gasteiger partial charge in [-0.1, -0.05) is 148 Å². The smallest absolute Gasteiger partial charge is 0.0780 e. The molecule has 0 fully saturated rings. The van der Waals surface area contributed by atoms with Gasteiger partial charge in [0.25, 0.3) is 0 Å². The van der Waals surface area contributed by atoms with E-state index in [2.05, 4.69) is 26.0 Å². The lowest BCUT2D eigenvalue weighted by molar-refractivity contribution is -0.870. The zero-order chi connectivity index (χ0) is 31.5. The van der Waals surface area contributed by atoms with Gasteiger partial charge in [-0.05, 0) is 77.7 Å². The standard InChI is InChI=1S/C39H85N4/c1-43(2,3)39-33-27-21-15-9-8-14-20-26-32-38-42(36-30-24-18-12-6-4-10-16-22-28-34-40)37-31-25-19-13-7-5-11-17-23-29-35-41/h4-41H2,1-3H3/q+1. The van der Waals surface area contributed by atoms with Crippen LogP contribution in [0.1, 0.15) is 193 Å². The van der Waals surface area contributed by atoms with Crippen molar-refractivity contribution < 1.29 is 4.48 Å². The Morgan fingerprint density at radius 1 is 0.302 bits per heavy atom. The summed E-state index contributed by atoms with van der Waals surface area (Å²) in [4.78, 5) is 2.84. The molecule has 0 saturated carbocycles. The topological polar surface area (TPSA) is 55.3 Å². The molecule has 0 radical (unpaired) electrons. The summed E-state index contributed by atoms with van der Waals surface area (Å²) in [6, 6.07) is 0. The second-order valence-corrected chi connectivity index (χ2v) is 15.0. The lowest BCUT2D eigenvalue weighted by Crippen LogP contribution is -2.35. The molecule has 0 saturated heterocycles. The first kappa shape index (κ1) is 42.8. The van der Waals surface area contributed by atoms with Crippen molar-refractivity contribution in [3.63, 3.8) is 0 Å². The van der Waals surface area contributed by atoms with Crippen molar-refractivity contribution in [1.82, 2.24) is 4.90 Å². The summed E-state index contributed by atoms with van der Waals surface area (Å²) < 4.78 is 1.12. The minimum Gasteiger partial charge on any atom is -0.331 e. The second kappa shape index (κ2) is 34.7. The highest BCUT2D eigenvalue weighted by Crippen LogP contribution is 2.15. The Morgan fingerprint density at radius 3 is 0.744 bits per heavy atom. The Bertz CT molecular complexity index is 478. The third-order valence-electron chi connectivity index (χ3n) is 9.41. The number of nitrogens with two attached hydrogens (primary N) is 2. The van der Waals surface area contributed by atoms with Crippen LogP contribution < -0.4 is 11.5 Å². The van der Waals surface area contributed by atoms with Crippen molar-refractivity contribution in [3.8, 4) is 0 Å². The fourth-order valence-corrected chi connectivity index (χ4v) is 6.46. The zero-order valence-corrected chi connectivity index (χ0v) is 30.5. The molecule has 0 atom stereocenters. The van der Waals surface area contributed by atoms with Crippen molar-refractivity contribution in [1.29, 1.82) is 0 Å². The summed E-state index contributed by atoms with van der Waals surface area (Å²) in [7, 11) is 6.93. The van der Waals surface area contributed by atoms with Crippen LogP contribution in [0, 0.1) is 0 Å². The van der Waals surface area contributed by atoms with E-state index in [0.717, 1.165) is 17.6 Å². The van der Waals surface area contributed by atoms with Crippen LogP contribution in [0.4, 0.5) is 0 Å². The molecule has 0 aliphatic heterocycles.